The zero-order chi connectivity index (χ0) is 21.0. The molecule has 1 unspecified atom stereocenters. The maximum atomic E-state index is 12.8. The minimum atomic E-state index is -3.56. The van der Waals surface area contributed by atoms with Crippen molar-refractivity contribution >= 4 is 44.6 Å². The van der Waals surface area contributed by atoms with E-state index < -0.39 is 10.0 Å². The lowest BCUT2D eigenvalue weighted by molar-refractivity contribution is -0.116. The summed E-state index contributed by atoms with van der Waals surface area (Å²) in [6.45, 7) is 3.74. The number of rotatable bonds is 8. The molecular formula is C20H26ClN3O3S2. The maximum Gasteiger partial charge on any atom is 0.243 e. The second-order valence-electron chi connectivity index (χ2n) is 7.22. The summed E-state index contributed by atoms with van der Waals surface area (Å²) >= 11 is 7.89. The number of halogens is 1. The largest absolute Gasteiger partial charge is 0.325 e. The predicted octanol–water partition coefficient (Wildman–Crippen LogP) is 4.21. The standard InChI is InChI=1S/C20H26ClN3O3S2/c1-15(19-6-5-13-28-19)23(2)12-9-20(25)22-18-14-16(7-8-17(18)21)29(26,27)24-10-3-4-11-24/h5-8,13-15H,3-4,9-12H2,1-2H3,(H,22,25). The first-order valence-corrected chi connectivity index (χ1v) is 12.3. The van der Waals surface area contributed by atoms with Gasteiger partial charge in [-0.05, 0) is 56.5 Å². The number of hydrogen-bond donors (Lipinski definition) is 1. The highest BCUT2D eigenvalue weighted by molar-refractivity contribution is 7.89. The van der Waals surface area contributed by atoms with E-state index in [1.165, 1.54) is 27.4 Å². The van der Waals surface area contributed by atoms with Crippen molar-refractivity contribution in [3.05, 3.63) is 45.6 Å². The van der Waals surface area contributed by atoms with Gasteiger partial charge in [0.1, 0.15) is 0 Å². The molecule has 0 saturated carbocycles. The summed E-state index contributed by atoms with van der Waals surface area (Å²) in [5, 5.41) is 5.12. The molecule has 6 nitrogen and oxygen atoms in total. The Morgan fingerprint density at radius 3 is 2.69 bits per heavy atom. The molecular weight excluding hydrogens is 430 g/mol. The topological polar surface area (TPSA) is 69.7 Å². The van der Waals surface area contributed by atoms with E-state index in [-0.39, 0.29) is 23.3 Å². The number of sulfonamides is 1. The van der Waals surface area contributed by atoms with Crippen molar-refractivity contribution in [2.45, 2.75) is 37.1 Å². The van der Waals surface area contributed by atoms with Crippen LogP contribution in [0.25, 0.3) is 0 Å². The number of carbonyl (C=O) groups is 1. The molecule has 1 aromatic heterocycles. The number of nitrogens with zero attached hydrogens (tertiary/aromatic N) is 2. The van der Waals surface area contributed by atoms with Crippen LogP contribution in [-0.2, 0) is 14.8 Å². The Balaban J connectivity index is 1.62. The summed E-state index contributed by atoms with van der Waals surface area (Å²) in [6, 6.07) is 8.78. The van der Waals surface area contributed by atoms with E-state index in [1.807, 2.05) is 18.5 Å². The van der Waals surface area contributed by atoms with Gasteiger partial charge in [-0.1, -0.05) is 17.7 Å². The molecule has 0 radical (unpaired) electrons. The number of nitrogens with one attached hydrogen (secondary N) is 1. The molecule has 3 rings (SSSR count). The van der Waals surface area contributed by atoms with Gasteiger partial charge >= 0.3 is 0 Å². The van der Waals surface area contributed by atoms with Crippen LogP contribution >= 0.6 is 22.9 Å². The van der Waals surface area contributed by atoms with Crippen molar-refractivity contribution in [1.29, 1.82) is 0 Å². The highest BCUT2D eigenvalue weighted by Crippen LogP contribution is 2.29. The van der Waals surface area contributed by atoms with Crippen molar-refractivity contribution in [2.75, 3.05) is 32.0 Å². The first-order chi connectivity index (χ1) is 13.8. The average molecular weight is 456 g/mol. The fourth-order valence-corrected chi connectivity index (χ4v) is 5.83. The first-order valence-electron chi connectivity index (χ1n) is 9.62. The number of hydrogen-bond acceptors (Lipinski definition) is 5. The average Bonchev–Trinajstić information content (AvgIpc) is 3.41. The van der Waals surface area contributed by atoms with Crippen molar-refractivity contribution in [3.63, 3.8) is 0 Å². The van der Waals surface area contributed by atoms with Gasteiger partial charge in [0, 0.05) is 37.0 Å². The summed E-state index contributed by atoms with van der Waals surface area (Å²) < 4.78 is 27.0. The molecule has 1 aromatic carbocycles. The third-order valence-corrected chi connectivity index (χ3v) is 8.49. The van der Waals surface area contributed by atoms with Gasteiger partial charge in [0.25, 0.3) is 0 Å². The van der Waals surface area contributed by atoms with Crippen LogP contribution < -0.4 is 5.32 Å². The molecule has 1 saturated heterocycles. The predicted molar refractivity (Wildman–Crippen MR) is 118 cm³/mol. The summed E-state index contributed by atoms with van der Waals surface area (Å²) in [5.74, 6) is -0.201. The molecule has 1 atom stereocenters. The van der Waals surface area contributed by atoms with Crippen LogP contribution in [0.5, 0.6) is 0 Å². The van der Waals surface area contributed by atoms with Crippen molar-refractivity contribution in [2.24, 2.45) is 0 Å². The number of thiophene rings is 1. The molecule has 0 bridgehead atoms. The van der Waals surface area contributed by atoms with Gasteiger partial charge in [-0.3, -0.25) is 9.69 Å². The Morgan fingerprint density at radius 1 is 1.31 bits per heavy atom. The summed E-state index contributed by atoms with van der Waals surface area (Å²) in [5.41, 5.74) is 0.325. The summed E-state index contributed by atoms with van der Waals surface area (Å²) in [6.07, 6.45) is 2.02. The van der Waals surface area contributed by atoms with E-state index in [9.17, 15) is 13.2 Å². The van der Waals surface area contributed by atoms with Gasteiger partial charge in [-0.2, -0.15) is 4.31 Å². The van der Waals surface area contributed by atoms with Gasteiger partial charge in [0.2, 0.25) is 15.9 Å². The van der Waals surface area contributed by atoms with Crippen LogP contribution in [0.2, 0.25) is 5.02 Å². The lowest BCUT2D eigenvalue weighted by Crippen LogP contribution is -2.28. The second-order valence-corrected chi connectivity index (χ2v) is 10.5. The Bertz CT molecular complexity index is 942. The van der Waals surface area contributed by atoms with Crippen molar-refractivity contribution < 1.29 is 13.2 Å². The van der Waals surface area contributed by atoms with Crippen LogP contribution in [0.15, 0.2) is 40.6 Å². The van der Waals surface area contributed by atoms with E-state index in [4.69, 9.17) is 11.6 Å². The zero-order valence-electron chi connectivity index (χ0n) is 16.6. The Labute approximate surface area is 181 Å². The SMILES string of the molecule is CC(c1cccs1)N(C)CCC(=O)Nc1cc(S(=O)(=O)N2CCCC2)ccc1Cl. The first kappa shape index (κ1) is 22.2. The normalized spacial score (nSPS) is 16.3. The van der Waals surface area contributed by atoms with Crippen LogP contribution in [0.3, 0.4) is 0 Å². The van der Waals surface area contributed by atoms with E-state index in [0.29, 0.717) is 30.3 Å². The second kappa shape index (κ2) is 9.57. The van der Waals surface area contributed by atoms with Crippen molar-refractivity contribution in [3.8, 4) is 0 Å². The monoisotopic (exact) mass is 455 g/mol. The zero-order valence-corrected chi connectivity index (χ0v) is 19.0. The van der Waals surface area contributed by atoms with E-state index in [0.717, 1.165) is 12.8 Å². The fraction of sp³-hybridized carbons (Fsp3) is 0.450. The number of amides is 1. The molecule has 1 aliphatic rings. The fourth-order valence-electron chi connectivity index (χ4n) is 3.27. The quantitative estimate of drug-likeness (QED) is 0.647. The molecule has 0 aliphatic carbocycles. The number of anilines is 1. The lowest BCUT2D eigenvalue weighted by Gasteiger charge is -2.23. The summed E-state index contributed by atoms with van der Waals surface area (Å²) in [4.78, 5) is 16.0. The van der Waals surface area contributed by atoms with Gasteiger partial charge in [0.15, 0.2) is 0 Å². The highest BCUT2D eigenvalue weighted by Gasteiger charge is 2.27. The van der Waals surface area contributed by atoms with Crippen LogP contribution in [-0.4, -0.2) is 50.2 Å². The van der Waals surface area contributed by atoms with E-state index in [2.05, 4.69) is 23.2 Å². The molecule has 1 N–H and O–H groups in total. The van der Waals surface area contributed by atoms with Crippen molar-refractivity contribution in [1.82, 2.24) is 9.21 Å². The van der Waals surface area contributed by atoms with Gasteiger partial charge in [0.05, 0.1) is 15.6 Å². The smallest absolute Gasteiger partial charge is 0.243 e. The molecule has 158 valence electrons. The molecule has 1 aliphatic heterocycles. The Kier molecular flexibility index (Phi) is 7.34. The number of carbonyl (C=O) groups excluding carboxylic acids is 1. The lowest BCUT2D eigenvalue weighted by atomic mass is 10.2. The van der Waals surface area contributed by atoms with E-state index in [1.54, 1.807) is 11.3 Å². The molecule has 9 heteroatoms. The molecule has 1 fully saturated rings. The minimum absolute atomic E-state index is 0.155. The van der Waals surface area contributed by atoms with Crippen LogP contribution in [0.4, 0.5) is 5.69 Å². The van der Waals surface area contributed by atoms with Gasteiger partial charge in [-0.25, -0.2) is 8.42 Å². The van der Waals surface area contributed by atoms with Gasteiger partial charge in [-0.15, -0.1) is 11.3 Å². The molecule has 1 amide bonds. The Morgan fingerprint density at radius 2 is 2.03 bits per heavy atom. The van der Waals surface area contributed by atoms with E-state index >= 15 is 0 Å². The third kappa shape index (κ3) is 5.38. The highest BCUT2D eigenvalue weighted by atomic mass is 35.5. The van der Waals surface area contributed by atoms with Crippen LogP contribution in [0, 0.1) is 0 Å². The number of benzene rings is 1. The Hall–Kier alpha value is -1.45. The molecule has 0 spiro atoms. The van der Waals surface area contributed by atoms with Crippen LogP contribution in [0.1, 0.15) is 37.1 Å². The molecule has 2 aromatic rings. The molecule has 29 heavy (non-hydrogen) atoms. The molecule has 2 heterocycles. The third-order valence-electron chi connectivity index (χ3n) is 5.22. The maximum absolute atomic E-state index is 12.8. The van der Waals surface area contributed by atoms with Gasteiger partial charge < -0.3 is 5.32 Å². The summed E-state index contributed by atoms with van der Waals surface area (Å²) in [7, 11) is -1.58. The minimum Gasteiger partial charge on any atom is -0.325 e.